The lowest BCUT2D eigenvalue weighted by molar-refractivity contribution is 0.361. The van der Waals surface area contributed by atoms with Crippen molar-refractivity contribution in [2.45, 2.75) is 45.6 Å². The Bertz CT molecular complexity index is 572. The van der Waals surface area contributed by atoms with E-state index in [1.807, 2.05) is 0 Å². The summed E-state index contributed by atoms with van der Waals surface area (Å²) in [7, 11) is 0. The van der Waals surface area contributed by atoms with Crippen molar-refractivity contribution in [2.24, 2.45) is 5.92 Å². The molecule has 1 aliphatic rings. The minimum Gasteiger partial charge on any atom is -0.367 e. The highest BCUT2D eigenvalue weighted by molar-refractivity contribution is 7.16. The minimum atomic E-state index is 0.554. The predicted molar refractivity (Wildman–Crippen MR) is 86.6 cm³/mol. The van der Waals surface area contributed by atoms with Gasteiger partial charge in [-0.1, -0.05) is 6.92 Å². The molecular weight excluding hydrogens is 268 g/mol. The lowest BCUT2D eigenvalue weighted by atomic mass is 9.87. The summed E-state index contributed by atoms with van der Waals surface area (Å²) in [5.41, 5.74) is 0. The fraction of sp³-hybridized carbons (Fsp3) is 0.600. The molecule has 0 spiro atoms. The van der Waals surface area contributed by atoms with Crippen molar-refractivity contribution >= 4 is 33.3 Å². The van der Waals surface area contributed by atoms with E-state index in [1.165, 1.54) is 25.7 Å². The van der Waals surface area contributed by atoms with E-state index < -0.39 is 0 Å². The van der Waals surface area contributed by atoms with Crippen LogP contribution in [0.25, 0.3) is 10.2 Å². The Balaban J connectivity index is 1.83. The van der Waals surface area contributed by atoms with E-state index in [9.17, 15) is 0 Å². The molecule has 4 nitrogen and oxygen atoms in total. The van der Waals surface area contributed by atoms with Gasteiger partial charge < -0.3 is 10.6 Å². The molecule has 0 atom stereocenters. The van der Waals surface area contributed by atoms with Crippen LogP contribution in [0.5, 0.6) is 0 Å². The van der Waals surface area contributed by atoms with E-state index in [0.29, 0.717) is 6.04 Å². The number of rotatable bonds is 4. The molecule has 2 N–H and O–H groups in total. The van der Waals surface area contributed by atoms with E-state index in [0.717, 1.165) is 34.4 Å². The number of fused-ring (bicyclic) bond motifs is 1. The standard InChI is InChI=1S/C15H22N4S/c1-3-16-15-18-13(12-8-9-20-14(12)19-15)17-11-6-4-10(2)5-7-11/h8-11H,3-7H2,1-2H3,(H2,16,17,18,19). The molecule has 2 aromatic rings. The maximum absolute atomic E-state index is 4.65. The van der Waals surface area contributed by atoms with Crippen LogP contribution in [-0.2, 0) is 0 Å². The molecule has 108 valence electrons. The third-order valence-corrected chi connectivity index (χ3v) is 4.82. The van der Waals surface area contributed by atoms with Gasteiger partial charge in [0.2, 0.25) is 5.95 Å². The SMILES string of the molecule is CCNc1nc(NC2CCC(C)CC2)c2ccsc2n1. The molecule has 1 fully saturated rings. The van der Waals surface area contributed by atoms with Crippen molar-refractivity contribution in [3.8, 4) is 0 Å². The van der Waals surface area contributed by atoms with Gasteiger partial charge in [-0.15, -0.1) is 11.3 Å². The van der Waals surface area contributed by atoms with Crippen molar-refractivity contribution in [1.29, 1.82) is 0 Å². The summed E-state index contributed by atoms with van der Waals surface area (Å²) < 4.78 is 0. The Morgan fingerprint density at radius 2 is 2.05 bits per heavy atom. The van der Waals surface area contributed by atoms with Gasteiger partial charge in [-0.3, -0.25) is 0 Å². The molecule has 20 heavy (non-hydrogen) atoms. The monoisotopic (exact) mass is 290 g/mol. The van der Waals surface area contributed by atoms with E-state index >= 15 is 0 Å². The van der Waals surface area contributed by atoms with Crippen LogP contribution in [0.4, 0.5) is 11.8 Å². The van der Waals surface area contributed by atoms with Crippen LogP contribution in [0.3, 0.4) is 0 Å². The van der Waals surface area contributed by atoms with Gasteiger partial charge in [-0.2, -0.15) is 4.98 Å². The summed E-state index contributed by atoms with van der Waals surface area (Å²) in [6.45, 7) is 5.26. The zero-order valence-electron chi connectivity index (χ0n) is 12.1. The van der Waals surface area contributed by atoms with Gasteiger partial charge in [-0.25, -0.2) is 4.98 Å². The van der Waals surface area contributed by atoms with Gasteiger partial charge in [0.1, 0.15) is 10.6 Å². The first kappa shape index (κ1) is 13.6. The van der Waals surface area contributed by atoms with E-state index in [-0.39, 0.29) is 0 Å². The topological polar surface area (TPSA) is 49.8 Å². The third kappa shape index (κ3) is 2.87. The Morgan fingerprint density at radius 3 is 2.80 bits per heavy atom. The number of anilines is 2. The molecule has 0 saturated heterocycles. The average molecular weight is 290 g/mol. The van der Waals surface area contributed by atoms with E-state index in [4.69, 9.17) is 0 Å². The smallest absolute Gasteiger partial charge is 0.226 e. The molecule has 1 aliphatic carbocycles. The number of hydrogen-bond donors (Lipinski definition) is 2. The fourth-order valence-corrected chi connectivity index (χ4v) is 3.56. The summed E-state index contributed by atoms with van der Waals surface area (Å²) in [6.07, 6.45) is 5.12. The largest absolute Gasteiger partial charge is 0.367 e. The van der Waals surface area contributed by atoms with Gasteiger partial charge in [0.05, 0.1) is 5.39 Å². The van der Waals surface area contributed by atoms with Crippen molar-refractivity contribution in [1.82, 2.24) is 9.97 Å². The first-order valence-corrected chi connectivity index (χ1v) is 8.40. The second kappa shape index (κ2) is 5.95. The second-order valence-electron chi connectivity index (χ2n) is 5.67. The highest BCUT2D eigenvalue weighted by Gasteiger charge is 2.19. The van der Waals surface area contributed by atoms with E-state index in [2.05, 4.69) is 45.9 Å². The maximum Gasteiger partial charge on any atom is 0.226 e. The lowest BCUT2D eigenvalue weighted by Gasteiger charge is -2.27. The number of thiophene rings is 1. The maximum atomic E-state index is 4.65. The Hall–Kier alpha value is -1.36. The van der Waals surface area contributed by atoms with Crippen LogP contribution in [0, 0.1) is 5.92 Å². The van der Waals surface area contributed by atoms with Crippen LogP contribution >= 0.6 is 11.3 Å². The quantitative estimate of drug-likeness (QED) is 0.889. The molecule has 0 amide bonds. The van der Waals surface area contributed by atoms with E-state index in [1.54, 1.807) is 11.3 Å². The minimum absolute atomic E-state index is 0.554. The van der Waals surface area contributed by atoms with Crippen molar-refractivity contribution in [3.05, 3.63) is 11.4 Å². The van der Waals surface area contributed by atoms with Crippen LogP contribution in [-0.4, -0.2) is 22.6 Å². The average Bonchev–Trinajstić information content (AvgIpc) is 2.90. The van der Waals surface area contributed by atoms with Crippen LogP contribution in [0.2, 0.25) is 0 Å². The Labute approximate surface area is 124 Å². The van der Waals surface area contributed by atoms with Gasteiger partial charge >= 0.3 is 0 Å². The summed E-state index contributed by atoms with van der Waals surface area (Å²) in [4.78, 5) is 10.3. The lowest BCUT2D eigenvalue weighted by Crippen LogP contribution is -2.26. The van der Waals surface area contributed by atoms with Crippen LogP contribution < -0.4 is 10.6 Å². The summed E-state index contributed by atoms with van der Waals surface area (Å²) in [5, 5.41) is 10.1. The third-order valence-electron chi connectivity index (χ3n) is 4.02. The van der Waals surface area contributed by atoms with Crippen molar-refractivity contribution < 1.29 is 0 Å². The van der Waals surface area contributed by atoms with Gasteiger partial charge in [-0.05, 0) is 50.0 Å². The second-order valence-corrected chi connectivity index (χ2v) is 6.56. The number of nitrogens with zero attached hydrogens (tertiary/aromatic N) is 2. The zero-order valence-corrected chi connectivity index (χ0v) is 13.0. The molecule has 0 bridgehead atoms. The Morgan fingerprint density at radius 1 is 1.25 bits per heavy atom. The molecule has 0 aliphatic heterocycles. The first-order valence-electron chi connectivity index (χ1n) is 7.52. The first-order chi connectivity index (χ1) is 9.76. The van der Waals surface area contributed by atoms with Gasteiger partial charge in [0.25, 0.3) is 0 Å². The van der Waals surface area contributed by atoms with Crippen molar-refractivity contribution in [3.63, 3.8) is 0 Å². The fourth-order valence-electron chi connectivity index (χ4n) is 2.80. The van der Waals surface area contributed by atoms with Gasteiger partial charge in [0, 0.05) is 12.6 Å². The molecule has 2 aromatic heterocycles. The molecule has 1 saturated carbocycles. The highest BCUT2D eigenvalue weighted by Crippen LogP contribution is 2.30. The molecule has 0 radical (unpaired) electrons. The molecule has 2 heterocycles. The van der Waals surface area contributed by atoms with Gasteiger partial charge in [0.15, 0.2) is 0 Å². The van der Waals surface area contributed by atoms with Crippen LogP contribution in [0.15, 0.2) is 11.4 Å². The molecule has 0 aromatic carbocycles. The molecule has 3 rings (SSSR count). The number of hydrogen-bond acceptors (Lipinski definition) is 5. The van der Waals surface area contributed by atoms with Crippen LogP contribution in [0.1, 0.15) is 39.5 Å². The Kier molecular flexibility index (Phi) is 4.05. The number of nitrogens with one attached hydrogen (secondary N) is 2. The predicted octanol–water partition coefficient (Wildman–Crippen LogP) is 4.11. The normalized spacial score (nSPS) is 22.9. The summed E-state index contributed by atoms with van der Waals surface area (Å²) in [6, 6.07) is 2.67. The zero-order chi connectivity index (χ0) is 13.9. The molecular formula is C15H22N4S. The highest BCUT2D eigenvalue weighted by atomic mass is 32.1. The molecule has 5 heteroatoms. The summed E-state index contributed by atoms with van der Waals surface area (Å²) in [5.74, 6) is 2.60. The summed E-state index contributed by atoms with van der Waals surface area (Å²) >= 11 is 1.67. The number of aromatic nitrogens is 2. The van der Waals surface area contributed by atoms with Crippen molar-refractivity contribution in [2.75, 3.05) is 17.2 Å². The molecule has 0 unspecified atom stereocenters.